The summed E-state index contributed by atoms with van der Waals surface area (Å²) in [7, 11) is 5.34. The van der Waals surface area contributed by atoms with Gasteiger partial charge in [0.25, 0.3) is 5.91 Å². The molecule has 4 rings (SSSR count). The smallest absolute Gasteiger partial charge is 0.318 e. The van der Waals surface area contributed by atoms with Crippen LogP contribution in [0, 0.1) is 0 Å². The van der Waals surface area contributed by atoms with Crippen LogP contribution < -0.4 is 19.7 Å². The van der Waals surface area contributed by atoms with Crippen LogP contribution in [0.5, 0.6) is 11.8 Å². The molecule has 8 nitrogen and oxygen atoms in total. The largest absolute Gasteiger partial charge is 0.485 e. The predicted molar refractivity (Wildman–Crippen MR) is 134 cm³/mol. The van der Waals surface area contributed by atoms with Gasteiger partial charge in [-0.15, -0.1) is 11.3 Å². The van der Waals surface area contributed by atoms with E-state index in [1.165, 1.54) is 18.2 Å². The summed E-state index contributed by atoms with van der Waals surface area (Å²) in [6.07, 6.45) is 2.32. The minimum absolute atomic E-state index is 0.0504. The summed E-state index contributed by atoms with van der Waals surface area (Å²) in [4.78, 5) is 26.6. The lowest BCUT2D eigenvalue weighted by Gasteiger charge is -2.22. The fourth-order valence-electron chi connectivity index (χ4n) is 3.81. The van der Waals surface area contributed by atoms with Crippen molar-refractivity contribution in [1.82, 2.24) is 20.2 Å². The van der Waals surface area contributed by atoms with Gasteiger partial charge in [0, 0.05) is 49.2 Å². The van der Waals surface area contributed by atoms with Gasteiger partial charge in [-0.25, -0.2) is 4.98 Å². The molecule has 1 atom stereocenters. The van der Waals surface area contributed by atoms with Crippen LogP contribution in [-0.4, -0.2) is 61.6 Å². The quantitative estimate of drug-likeness (QED) is 0.474. The van der Waals surface area contributed by atoms with Crippen molar-refractivity contribution in [2.75, 3.05) is 45.7 Å². The highest BCUT2D eigenvalue weighted by Gasteiger charge is 2.28. The molecule has 1 aliphatic heterocycles. The zero-order chi connectivity index (χ0) is 24.1. The first-order valence-corrected chi connectivity index (χ1v) is 12.3. The molecule has 0 saturated carbocycles. The lowest BCUT2D eigenvalue weighted by molar-refractivity contribution is 0.0754. The summed E-state index contributed by atoms with van der Waals surface area (Å²) in [6, 6.07) is 10.0. The summed E-state index contributed by atoms with van der Waals surface area (Å²) in [5.74, 6) is 1.13. The van der Waals surface area contributed by atoms with Crippen molar-refractivity contribution in [1.29, 1.82) is 0 Å². The molecule has 1 amide bonds. The van der Waals surface area contributed by atoms with Gasteiger partial charge in [0.05, 0.1) is 7.11 Å². The Bertz CT molecular complexity index is 1130. The molecule has 3 heterocycles. The zero-order valence-corrected chi connectivity index (χ0v) is 21.0. The van der Waals surface area contributed by atoms with E-state index in [0.717, 1.165) is 18.5 Å². The molecule has 180 valence electrons. The van der Waals surface area contributed by atoms with E-state index in [-0.39, 0.29) is 18.0 Å². The summed E-state index contributed by atoms with van der Waals surface area (Å²) >= 11 is 8.32. The maximum atomic E-state index is 13.2. The Morgan fingerprint density at radius 2 is 2.15 bits per heavy atom. The van der Waals surface area contributed by atoms with Crippen LogP contribution in [0.25, 0.3) is 0 Å². The highest BCUT2D eigenvalue weighted by atomic mass is 35.5. The predicted octanol–water partition coefficient (Wildman–Crippen LogP) is 4.02. The first-order chi connectivity index (χ1) is 16.5. The first-order valence-electron chi connectivity index (χ1n) is 11.0. The number of fused-ring (bicyclic) bond motifs is 1. The molecule has 2 aromatic heterocycles. The van der Waals surface area contributed by atoms with Gasteiger partial charge >= 0.3 is 6.01 Å². The van der Waals surface area contributed by atoms with Crippen molar-refractivity contribution < 1.29 is 14.3 Å². The molecule has 1 aliphatic rings. The van der Waals surface area contributed by atoms with E-state index >= 15 is 0 Å². The number of halogens is 1. The number of hydrogen-bond donors (Lipinski definition) is 1. The molecule has 0 bridgehead atoms. The number of likely N-dealkylation sites (N-methyl/N-ethyl adjacent to an activating group) is 1. The minimum Gasteiger partial charge on any atom is -0.485 e. The average molecular weight is 502 g/mol. The topological polar surface area (TPSA) is 79.8 Å². The van der Waals surface area contributed by atoms with Gasteiger partial charge in [0.15, 0.2) is 0 Å². The number of nitrogens with one attached hydrogen (secondary N) is 1. The van der Waals surface area contributed by atoms with Crippen LogP contribution >= 0.6 is 22.9 Å². The van der Waals surface area contributed by atoms with Crippen LogP contribution in [0.4, 0.5) is 5.82 Å². The van der Waals surface area contributed by atoms with E-state index in [4.69, 9.17) is 21.1 Å². The normalized spacial score (nSPS) is 14.5. The van der Waals surface area contributed by atoms with Crippen molar-refractivity contribution in [3.8, 4) is 11.8 Å². The number of carbonyl (C=O) groups excluding carboxylic acids is 1. The van der Waals surface area contributed by atoms with Gasteiger partial charge < -0.3 is 24.6 Å². The molecule has 0 radical (unpaired) electrons. The number of hydrogen-bond acceptors (Lipinski definition) is 8. The molecule has 0 spiro atoms. The Hall–Kier alpha value is -2.88. The molecule has 10 heteroatoms. The Morgan fingerprint density at radius 1 is 1.29 bits per heavy atom. The Balaban J connectivity index is 1.50. The van der Waals surface area contributed by atoms with Crippen LogP contribution in [0.2, 0.25) is 5.02 Å². The Labute approximate surface area is 208 Å². The molecule has 1 N–H and O–H groups in total. The molecule has 1 aromatic carbocycles. The van der Waals surface area contributed by atoms with Crippen LogP contribution in [0.3, 0.4) is 0 Å². The van der Waals surface area contributed by atoms with Crippen molar-refractivity contribution in [3.05, 3.63) is 62.9 Å². The number of aromatic nitrogens is 2. The van der Waals surface area contributed by atoms with E-state index in [2.05, 4.69) is 26.7 Å². The van der Waals surface area contributed by atoms with E-state index in [9.17, 15) is 4.79 Å². The number of carbonyl (C=O) groups is 1. The van der Waals surface area contributed by atoms with E-state index in [0.29, 0.717) is 41.8 Å². The molecule has 0 saturated heterocycles. The van der Waals surface area contributed by atoms with Crippen molar-refractivity contribution >= 4 is 34.7 Å². The van der Waals surface area contributed by atoms with Gasteiger partial charge in [-0.3, -0.25) is 4.79 Å². The van der Waals surface area contributed by atoms with Gasteiger partial charge in [0.1, 0.15) is 23.2 Å². The number of amides is 1. The maximum absolute atomic E-state index is 13.2. The molecular formula is C24H28ClN5O3S. The fraction of sp³-hybridized carbons (Fsp3) is 0.375. The van der Waals surface area contributed by atoms with Crippen LogP contribution in [0.15, 0.2) is 41.9 Å². The molecular weight excluding hydrogens is 474 g/mol. The number of anilines is 1. The fourth-order valence-corrected chi connectivity index (χ4v) is 4.82. The van der Waals surface area contributed by atoms with E-state index in [1.54, 1.807) is 16.2 Å². The van der Waals surface area contributed by atoms with Gasteiger partial charge in [0.2, 0.25) is 0 Å². The standard InChI is InChI=1S/C24H28ClN5O3S/c1-26-9-8-20(21-5-4-12-34-21)33-17-7-6-16(19(25)13-17)15-30-11-10-29(2)22-18(23(30)31)14-27-24(28-22)32-3/h4-7,12-14,20,26H,8-11,15H2,1-3H3/t20-/m0/s1. The van der Waals surface area contributed by atoms with Crippen molar-refractivity contribution in [2.45, 2.75) is 19.1 Å². The second-order valence-corrected chi connectivity index (χ2v) is 9.40. The number of thiophene rings is 1. The monoisotopic (exact) mass is 501 g/mol. The lowest BCUT2D eigenvalue weighted by atomic mass is 10.1. The lowest BCUT2D eigenvalue weighted by Crippen LogP contribution is -2.33. The molecule has 0 unspecified atom stereocenters. The number of nitrogens with zero attached hydrogens (tertiary/aromatic N) is 4. The third-order valence-electron chi connectivity index (χ3n) is 5.69. The minimum atomic E-state index is -0.136. The van der Waals surface area contributed by atoms with Crippen molar-refractivity contribution in [2.24, 2.45) is 0 Å². The highest BCUT2D eigenvalue weighted by Crippen LogP contribution is 2.32. The Kier molecular flexibility index (Phi) is 7.87. The van der Waals surface area contributed by atoms with E-state index < -0.39 is 0 Å². The Morgan fingerprint density at radius 3 is 2.85 bits per heavy atom. The van der Waals surface area contributed by atoms with Gasteiger partial charge in [-0.1, -0.05) is 23.7 Å². The molecule has 3 aromatic rings. The number of rotatable bonds is 9. The first kappa shape index (κ1) is 24.3. The highest BCUT2D eigenvalue weighted by molar-refractivity contribution is 7.10. The maximum Gasteiger partial charge on any atom is 0.318 e. The van der Waals surface area contributed by atoms with Crippen molar-refractivity contribution in [3.63, 3.8) is 0 Å². The summed E-state index contributed by atoms with van der Waals surface area (Å²) < 4.78 is 11.4. The van der Waals surface area contributed by atoms with Gasteiger partial charge in [-0.2, -0.15) is 4.98 Å². The van der Waals surface area contributed by atoms with Gasteiger partial charge in [-0.05, 0) is 42.7 Å². The molecule has 34 heavy (non-hydrogen) atoms. The molecule has 0 fully saturated rings. The van der Waals surface area contributed by atoms with Crippen LogP contribution in [-0.2, 0) is 6.54 Å². The SMILES string of the molecule is CNCC[C@H](Oc1ccc(CN2CCN(C)c3nc(OC)ncc3C2=O)c(Cl)c1)c1cccs1. The molecule has 0 aliphatic carbocycles. The number of ether oxygens (including phenoxy) is 2. The van der Waals surface area contributed by atoms with Crippen LogP contribution in [0.1, 0.15) is 33.3 Å². The second kappa shape index (κ2) is 11.0. The summed E-state index contributed by atoms with van der Waals surface area (Å²) in [5, 5.41) is 5.79. The summed E-state index contributed by atoms with van der Waals surface area (Å²) in [5.41, 5.74) is 1.30. The average Bonchev–Trinajstić information content (AvgIpc) is 3.36. The number of methoxy groups -OCH3 is 1. The third-order valence-corrected chi connectivity index (χ3v) is 7.01. The summed E-state index contributed by atoms with van der Waals surface area (Å²) in [6.45, 7) is 2.39. The second-order valence-electron chi connectivity index (χ2n) is 8.01. The zero-order valence-electron chi connectivity index (χ0n) is 19.5. The third kappa shape index (κ3) is 5.43. The van der Waals surface area contributed by atoms with E-state index in [1.807, 2.05) is 43.3 Å². The number of benzene rings is 1.